The molecule has 0 spiro atoms. The lowest BCUT2D eigenvalue weighted by atomic mass is 10.3. The summed E-state index contributed by atoms with van der Waals surface area (Å²) in [5.74, 6) is 0. The molecule has 3 N–H and O–H groups in total. The predicted molar refractivity (Wildman–Crippen MR) is 50.6 cm³/mol. The molecule has 0 aliphatic heterocycles. The maximum atomic E-state index is 11.5. The summed E-state index contributed by atoms with van der Waals surface area (Å²) in [7, 11) is 0. The van der Waals surface area contributed by atoms with Gasteiger partial charge >= 0.3 is 0 Å². The summed E-state index contributed by atoms with van der Waals surface area (Å²) in [6.45, 7) is 2.28. The van der Waals surface area contributed by atoms with E-state index in [2.05, 4.69) is 4.98 Å². The van der Waals surface area contributed by atoms with Gasteiger partial charge in [0, 0.05) is 18.3 Å². The predicted octanol–water partition coefficient (Wildman–Crippen LogP) is 0.395. The van der Waals surface area contributed by atoms with Crippen molar-refractivity contribution in [2.75, 3.05) is 0 Å². The molecule has 0 unspecified atom stereocenters. The lowest BCUT2D eigenvalue weighted by Crippen LogP contribution is -2.15. The number of nitrogens with one attached hydrogen (secondary N) is 1. The molecular weight excluding hydrogens is 166 g/mol. The maximum absolute atomic E-state index is 11.5. The van der Waals surface area contributed by atoms with Crippen LogP contribution in [0.25, 0.3) is 5.65 Å². The molecule has 2 aromatic rings. The number of imidazole rings is 1. The Hall–Kier alpha value is -1.55. The van der Waals surface area contributed by atoms with Crippen molar-refractivity contribution < 1.29 is 0 Å². The Balaban J connectivity index is 2.97. The zero-order chi connectivity index (χ0) is 9.42. The number of nitrogens with zero attached hydrogens (tertiary/aromatic N) is 1. The number of aromatic nitrogens is 2. The van der Waals surface area contributed by atoms with Gasteiger partial charge in [0.05, 0.1) is 5.69 Å². The quantitative estimate of drug-likeness (QED) is 0.662. The molecule has 0 saturated carbocycles. The van der Waals surface area contributed by atoms with Gasteiger partial charge in [-0.2, -0.15) is 0 Å². The van der Waals surface area contributed by atoms with Crippen molar-refractivity contribution in [2.45, 2.75) is 13.5 Å². The van der Waals surface area contributed by atoms with Crippen LogP contribution in [0.2, 0.25) is 0 Å². The highest BCUT2D eigenvalue weighted by atomic mass is 16.1. The van der Waals surface area contributed by atoms with E-state index in [9.17, 15) is 4.79 Å². The first-order chi connectivity index (χ1) is 6.24. The van der Waals surface area contributed by atoms with E-state index in [1.165, 1.54) is 6.07 Å². The minimum Gasteiger partial charge on any atom is -0.343 e. The first-order valence-electron chi connectivity index (χ1n) is 4.13. The van der Waals surface area contributed by atoms with Crippen LogP contribution in [-0.4, -0.2) is 9.38 Å². The fourth-order valence-corrected chi connectivity index (χ4v) is 1.54. The van der Waals surface area contributed by atoms with Gasteiger partial charge in [0.2, 0.25) is 0 Å². The van der Waals surface area contributed by atoms with Crippen LogP contribution in [0.15, 0.2) is 23.0 Å². The zero-order valence-electron chi connectivity index (χ0n) is 7.37. The van der Waals surface area contributed by atoms with Crippen molar-refractivity contribution in [2.24, 2.45) is 5.73 Å². The Morgan fingerprint density at radius 1 is 1.54 bits per heavy atom. The molecule has 0 atom stereocenters. The Bertz CT molecular complexity index is 495. The standard InChI is InChI=1S/C9H11N3O/c1-6-7(5-10)12-8(11-6)3-2-4-9(12)13/h2-4,11H,5,10H2,1H3. The topological polar surface area (TPSA) is 63.3 Å². The minimum absolute atomic E-state index is 0.0395. The highest BCUT2D eigenvalue weighted by Crippen LogP contribution is 2.07. The first kappa shape index (κ1) is 8.07. The van der Waals surface area contributed by atoms with Crippen molar-refractivity contribution >= 4 is 5.65 Å². The first-order valence-corrected chi connectivity index (χ1v) is 4.13. The maximum Gasteiger partial charge on any atom is 0.256 e. The SMILES string of the molecule is Cc1[nH]c2cccc(=O)n2c1CN. The number of pyridine rings is 1. The average Bonchev–Trinajstić information content (AvgIpc) is 2.42. The van der Waals surface area contributed by atoms with Gasteiger partial charge in [-0.15, -0.1) is 0 Å². The molecule has 4 nitrogen and oxygen atoms in total. The van der Waals surface area contributed by atoms with Gasteiger partial charge in [-0.05, 0) is 13.0 Å². The Morgan fingerprint density at radius 3 is 3.00 bits per heavy atom. The van der Waals surface area contributed by atoms with Crippen LogP contribution in [0.1, 0.15) is 11.4 Å². The highest BCUT2D eigenvalue weighted by Gasteiger charge is 2.06. The molecule has 13 heavy (non-hydrogen) atoms. The number of aromatic amines is 1. The Morgan fingerprint density at radius 2 is 2.31 bits per heavy atom. The van der Waals surface area contributed by atoms with Gasteiger partial charge < -0.3 is 10.7 Å². The van der Waals surface area contributed by atoms with Gasteiger partial charge in [0.25, 0.3) is 5.56 Å². The molecule has 0 radical (unpaired) electrons. The van der Waals surface area contributed by atoms with Gasteiger partial charge in [0.15, 0.2) is 0 Å². The number of hydrogen-bond acceptors (Lipinski definition) is 2. The van der Waals surface area contributed by atoms with Crippen LogP contribution in [0, 0.1) is 6.92 Å². The molecule has 0 bridgehead atoms. The van der Waals surface area contributed by atoms with Gasteiger partial charge in [0.1, 0.15) is 5.65 Å². The second kappa shape index (κ2) is 2.74. The molecule has 0 saturated heterocycles. The summed E-state index contributed by atoms with van der Waals surface area (Å²) in [5, 5.41) is 0. The van der Waals surface area contributed by atoms with Crippen molar-refractivity contribution in [3.8, 4) is 0 Å². The van der Waals surface area contributed by atoms with Gasteiger partial charge in [-0.25, -0.2) is 0 Å². The third-order valence-corrected chi connectivity index (χ3v) is 2.17. The highest BCUT2D eigenvalue weighted by molar-refractivity contribution is 5.42. The summed E-state index contributed by atoms with van der Waals surface area (Å²) < 4.78 is 1.61. The van der Waals surface area contributed by atoms with Crippen LogP contribution in [0.4, 0.5) is 0 Å². The molecule has 4 heteroatoms. The Labute approximate surface area is 75.0 Å². The number of nitrogens with two attached hydrogens (primary N) is 1. The van der Waals surface area contributed by atoms with Crippen molar-refractivity contribution in [1.29, 1.82) is 0 Å². The number of aryl methyl sites for hydroxylation is 1. The zero-order valence-corrected chi connectivity index (χ0v) is 7.37. The van der Waals surface area contributed by atoms with Crippen LogP contribution in [0.3, 0.4) is 0 Å². The second-order valence-corrected chi connectivity index (χ2v) is 2.99. The summed E-state index contributed by atoms with van der Waals surface area (Å²) >= 11 is 0. The molecule has 0 aromatic carbocycles. The lowest BCUT2D eigenvalue weighted by molar-refractivity contribution is 0.923. The number of H-pyrrole nitrogens is 1. The molecular formula is C9H11N3O. The molecule has 2 rings (SSSR count). The second-order valence-electron chi connectivity index (χ2n) is 2.99. The molecule has 0 aliphatic carbocycles. The summed E-state index contributed by atoms with van der Waals surface area (Å²) in [4.78, 5) is 14.6. The summed E-state index contributed by atoms with van der Waals surface area (Å²) in [5.41, 5.74) is 8.11. The fraction of sp³-hybridized carbons (Fsp3) is 0.222. The molecule has 0 aliphatic rings. The van der Waals surface area contributed by atoms with Gasteiger partial charge in [-0.1, -0.05) is 6.07 Å². The van der Waals surface area contributed by atoms with Crippen molar-refractivity contribution in [3.05, 3.63) is 39.9 Å². The van der Waals surface area contributed by atoms with Crippen LogP contribution >= 0.6 is 0 Å². The van der Waals surface area contributed by atoms with E-state index in [4.69, 9.17) is 5.73 Å². The molecule has 2 aromatic heterocycles. The normalized spacial score (nSPS) is 10.9. The fourth-order valence-electron chi connectivity index (χ4n) is 1.54. The van der Waals surface area contributed by atoms with E-state index in [1.54, 1.807) is 10.5 Å². The van der Waals surface area contributed by atoms with Crippen LogP contribution in [0.5, 0.6) is 0 Å². The molecule has 0 amide bonds. The van der Waals surface area contributed by atoms with Gasteiger partial charge in [-0.3, -0.25) is 9.20 Å². The van der Waals surface area contributed by atoms with E-state index in [0.717, 1.165) is 17.0 Å². The summed E-state index contributed by atoms with van der Waals surface area (Å²) in [6, 6.07) is 5.11. The number of rotatable bonds is 1. The van der Waals surface area contributed by atoms with Crippen LogP contribution in [-0.2, 0) is 6.54 Å². The molecule has 0 fully saturated rings. The number of hydrogen-bond donors (Lipinski definition) is 2. The third-order valence-electron chi connectivity index (χ3n) is 2.17. The van der Waals surface area contributed by atoms with E-state index in [1.807, 2.05) is 13.0 Å². The van der Waals surface area contributed by atoms with Crippen molar-refractivity contribution in [3.63, 3.8) is 0 Å². The molecule has 2 heterocycles. The lowest BCUT2D eigenvalue weighted by Gasteiger charge is -1.96. The monoisotopic (exact) mass is 177 g/mol. The average molecular weight is 177 g/mol. The van der Waals surface area contributed by atoms with E-state index in [-0.39, 0.29) is 5.56 Å². The Kier molecular flexibility index (Phi) is 1.70. The smallest absolute Gasteiger partial charge is 0.256 e. The molecule has 68 valence electrons. The number of fused-ring (bicyclic) bond motifs is 1. The largest absolute Gasteiger partial charge is 0.343 e. The van der Waals surface area contributed by atoms with Crippen molar-refractivity contribution in [1.82, 2.24) is 9.38 Å². The third kappa shape index (κ3) is 1.07. The van der Waals surface area contributed by atoms with Crippen LogP contribution < -0.4 is 11.3 Å². The summed E-state index contributed by atoms with van der Waals surface area (Å²) in [6.07, 6.45) is 0. The van der Waals surface area contributed by atoms with E-state index in [0.29, 0.717) is 6.54 Å². The van der Waals surface area contributed by atoms with E-state index >= 15 is 0 Å². The minimum atomic E-state index is -0.0395. The van der Waals surface area contributed by atoms with E-state index < -0.39 is 0 Å².